The van der Waals surface area contributed by atoms with E-state index < -0.39 is 18.3 Å². The summed E-state index contributed by atoms with van der Waals surface area (Å²) in [7, 11) is 0. The Labute approximate surface area is 178 Å². The Hall–Kier alpha value is -3.58. The van der Waals surface area contributed by atoms with Gasteiger partial charge in [0.05, 0.1) is 10.6 Å². The molecule has 2 heterocycles. The van der Waals surface area contributed by atoms with E-state index in [1.165, 1.54) is 12.1 Å². The number of halogens is 4. The Kier molecular flexibility index (Phi) is 5.52. The number of ether oxygens (including phenoxy) is 1. The Morgan fingerprint density at radius 1 is 1.16 bits per heavy atom. The number of rotatable bonds is 6. The molecule has 4 rings (SSSR count). The number of furan rings is 1. The van der Waals surface area contributed by atoms with Crippen LogP contribution in [0.1, 0.15) is 16.7 Å². The molecular weight excluding hydrogens is 435 g/mol. The Bertz CT molecular complexity index is 1260. The van der Waals surface area contributed by atoms with Crippen molar-refractivity contribution in [2.24, 2.45) is 0 Å². The number of alkyl halides is 3. The molecule has 2 aromatic heterocycles. The highest BCUT2D eigenvalue weighted by atomic mass is 35.5. The number of aromatic amines is 1. The third-order valence-electron chi connectivity index (χ3n) is 4.60. The zero-order valence-corrected chi connectivity index (χ0v) is 16.5. The van der Waals surface area contributed by atoms with E-state index in [4.69, 9.17) is 26.0 Å². The number of benzene rings is 2. The summed E-state index contributed by atoms with van der Waals surface area (Å²) >= 11 is 6.48. The minimum Gasteiger partial charge on any atom is -0.478 e. The lowest BCUT2D eigenvalue weighted by molar-refractivity contribution is -0.138. The maximum absolute atomic E-state index is 13.4. The summed E-state index contributed by atoms with van der Waals surface area (Å²) < 4.78 is 50.7. The van der Waals surface area contributed by atoms with Gasteiger partial charge >= 0.3 is 6.18 Å². The number of hydrogen-bond acceptors (Lipinski definition) is 6. The summed E-state index contributed by atoms with van der Waals surface area (Å²) in [6.45, 7) is -0.465. The minimum absolute atomic E-state index is 0.284. The SMILES string of the molecule is N#CCOc1ccc(CCc2ccc3cc(-c4nn[nH]n4)oc3c2Cl)cc1C(F)(F)F. The van der Waals surface area contributed by atoms with E-state index in [2.05, 4.69) is 20.6 Å². The fourth-order valence-corrected chi connectivity index (χ4v) is 3.45. The van der Waals surface area contributed by atoms with Crippen molar-refractivity contribution < 1.29 is 22.3 Å². The number of nitriles is 1. The van der Waals surface area contributed by atoms with Crippen molar-refractivity contribution in [3.63, 3.8) is 0 Å². The molecule has 0 atom stereocenters. The van der Waals surface area contributed by atoms with Gasteiger partial charge in [-0.2, -0.15) is 23.6 Å². The molecule has 11 heteroatoms. The van der Waals surface area contributed by atoms with Crippen LogP contribution >= 0.6 is 11.6 Å². The highest BCUT2D eigenvalue weighted by molar-refractivity contribution is 6.35. The topological polar surface area (TPSA) is 101 Å². The molecule has 0 aliphatic rings. The summed E-state index contributed by atoms with van der Waals surface area (Å²) in [4.78, 5) is 0. The van der Waals surface area contributed by atoms with Crippen LogP contribution in [-0.4, -0.2) is 27.2 Å². The molecule has 0 radical (unpaired) electrons. The minimum atomic E-state index is -4.60. The van der Waals surface area contributed by atoms with Crippen molar-refractivity contribution in [2.75, 3.05) is 6.61 Å². The van der Waals surface area contributed by atoms with Crippen LogP contribution in [0.3, 0.4) is 0 Å². The Balaban J connectivity index is 1.57. The highest BCUT2D eigenvalue weighted by Crippen LogP contribution is 2.37. The molecule has 0 spiro atoms. The molecule has 158 valence electrons. The van der Waals surface area contributed by atoms with Crippen molar-refractivity contribution in [1.82, 2.24) is 20.6 Å². The van der Waals surface area contributed by atoms with Crippen LogP contribution in [0.25, 0.3) is 22.6 Å². The third kappa shape index (κ3) is 4.32. The van der Waals surface area contributed by atoms with Crippen molar-refractivity contribution in [2.45, 2.75) is 19.0 Å². The smallest absolute Gasteiger partial charge is 0.419 e. The fraction of sp³-hybridized carbons (Fsp3) is 0.200. The van der Waals surface area contributed by atoms with Gasteiger partial charge in [0.1, 0.15) is 11.8 Å². The first kappa shape index (κ1) is 20.7. The summed E-state index contributed by atoms with van der Waals surface area (Å²) in [5.74, 6) is 0.305. The van der Waals surface area contributed by atoms with Crippen molar-refractivity contribution in [3.05, 3.63) is 58.1 Å². The zero-order chi connectivity index (χ0) is 22.0. The maximum atomic E-state index is 13.4. The van der Waals surface area contributed by atoms with E-state index in [0.717, 1.165) is 17.0 Å². The Morgan fingerprint density at radius 2 is 2.00 bits per heavy atom. The van der Waals surface area contributed by atoms with Crippen LogP contribution in [0.4, 0.5) is 13.2 Å². The van der Waals surface area contributed by atoms with Gasteiger partial charge in [0.2, 0.25) is 5.82 Å². The highest BCUT2D eigenvalue weighted by Gasteiger charge is 2.34. The summed E-state index contributed by atoms with van der Waals surface area (Å²) in [5, 5.41) is 23.2. The zero-order valence-electron chi connectivity index (χ0n) is 15.7. The van der Waals surface area contributed by atoms with E-state index in [0.29, 0.717) is 34.8 Å². The predicted octanol–water partition coefficient (Wildman–Crippen LogP) is 4.97. The van der Waals surface area contributed by atoms with Crippen LogP contribution in [0.2, 0.25) is 5.02 Å². The van der Waals surface area contributed by atoms with E-state index in [-0.39, 0.29) is 11.6 Å². The first-order valence-electron chi connectivity index (χ1n) is 9.01. The Morgan fingerprint density at radius 3 is 2.71 bits per heavy atom. The average molecular weight is 448 g/mol. The summed E-state index contributed by atoms with van der Waals surface area (Å²) in [5.41, 5.74) is 0.703. The number of nitrogens with one attached hydrogen (secondary N) is 1. The summed E-state index contributed by atoms with van der Waals surface area (Å²) in [6, 6.07) is 10.8. The van der Waals surface area contributed by atoms with E-state index in [9.17, 15) is 13.2 Å². The van der Waals surface area contributed by atoms with E-state index >= 15 is 0 Å². The quantitative estimate of drug-likeness (QED) is 0.447. The summed E-state index contributed by atoms with van der Waals surface area (Å²) in [6.07, 6.45) is -3.90. The van der Waals surface area contributed by atoms with Gasteiger partial charge in [0, 0.05) is 5.39 Å². The predicted molar refractivity (Wildman–Crippen MR) is 104 cm³/mol. The number of aromatic nitrogens is 4. The number of aryl methyl sites for hydroxylation is 2. The van der Waals surface area contributed by atoms with Gasteiger partial charge in [0.15, 0.2) is 18.0 Å². The van der Waals surface area contributed by atoms with Crippen molar-refractivity contribution in [3.8, 4) is 23.4 Å². The second kappa shape index (κ2) is 8.28. The molecule has 4 aromatic rings. The lowest BCUT2D eigenvalue weighted by Crippen LogP contribution is -2.10. The third-order valence-corrected chi connectivity index (χ3v) is 5.01. The standard InChI is InChI=1S/C20H13ClF3N5O2/c21-17-12(4-5-13-10-16(31-18(13)17)19-26-28-29-27-19)3-1-11-2-6-15(30-8-7-25)14(9-11)20(22,23)24/h2,4-6,9-10H,1,3,8H2,(H,26,27,28,29). The maximum Gasteiger partial charge on any atom is 0.419 e. The molecule has 31 heavy (non-hydrogen) atoms. The van der Waals surface area contributed by atoms with E-state index in [1.807, 2.05) is 6.07 Å². The molecular formula is C20H13ClF3N5O2. The molecule has 0 bridgehead atoms. The van der Waals surface area contributed by atoms with Crippen LogP contribution in [0, 0.1) is 11.3 Å². The fourth-order valence-electron chi connectivity index (χ4n) is 3.15. The molecule has 0 aliphatic heterocycles. The van der Waals surface area contributed by atoms with Gasteiger partial charge in [-0.15, -0.1) is 10.2 Å². The largest absolute Gasteiger partial charge is 0.478 e. The molecule has 0 saturated carbocycles. The van der Waals surface area contributed by atoms with Crippen LogP contribution in [-0.2, 0) is 19.0 Å². The van der Waals surface area contributed by atoms with Crippen LogP contribution in [0.5, 0.6) is 5.75 Å². The number of fused-ring (bicyclic) bond motifs is 1. The molecule has 7 nitrogen and oxygen atoms in total. The lowest BCUT2D eigenvalue weighted by Gasteiger charge is -2.14. The second-order valence-corrected chi connectivity index (χ2v) is 6.96. The number of tetrazole rings is 1. The molecule has 0 fully saturated rings. The van der Waals surface area contributed by atoms with Crippen molar-refractivity contribution >= 4 is 22.6 Å². The lowest BCUT2D eigenvalue weighted by atomic mass is 10.0. The first-order valence-corrected chi connectivity index (χ1v) is 9.39. The van der Waals surface area contributed by atoms with Gasteiger partial charge in [-0.1, -0.05) is 29.8 Å². The van der Waals surface area contributed by atoms with Crippen LogP contribution in [0.15, 0.2) is 40.8 Å². The van der Waals surface area contributed by atoms with Gasteiger partial charge in [-0.3, -0.25) is 0 Å². The monoisotopic (exact) mass is 447 g/mol. The average Bonchev–Trinajstić information content (AvgIpc) is 3.41. The van der Waals surface area contributed by atoms with Crippen LogP contribution < -0.4 is 4.74 Å². The normalized spacial score (nSPS) is 11.6. The van der Waals surface area contributed by atoms with E-state index in [1.54, 1.807) is 18.2 Å². The van der Waals surface area contributed by atoms with Gasteiger partial charge in [-0.05, 0) is 47.4 Å². The number of H-pyrrole nitrogens is 1. The van der Waals surface area contributed by atoms with Crippen molar-refractivity contribution in [1.29, 1.82) is 5.26 Å². The number of nitrogens with zero attached hydrogens (tertiary/aromatic N) is 4. The first-order chi connectivity index (χ1) is 14.9. The van der Waals surface area contributed by atoms with Gasteiger partial charge in [0.25, 0.3) is 0 Å². The van der Waals surface area contributed by atoms with Gasteiger partial charge < -0.3 is 9.15 Å². The molecule has 0 aliphatic carbocycles. The van der Waals surface area contributed by atoms with Gasteiger partial charge in [-0.25, -0.2) is 0 Å². The molecule has 2 aromatic carbocycles. The molecule has 1 N–H and O–H groups in total. The molecule has 0 saturated heterocycles. The number of hydrogen-bond donors (Lipinski definition) is 1. The molecule has 0 unspecified atom stereocenters. The second-order valence-electron chi connectivity index (χ2n) is 6.58. The molecule has 0 amide bonds.